The van der Waals surface area contributed by atoms with E-state index in [2.05, 4.69) is 0 Å². The Labute approximate surface area is 152 Å². The zero-order valence-electron chi connectivity index (χ0n) is 14.4. The highest BCUT2D eigenvalue weighted by Crippen LogP contribution is 2.24. The summed E-state index contributed by atoms with van der Waals surface area (Å²) in [5.74, 6) is 1.92. The van der Waals surface area contributed by atoms with Gasteiger partial charge >= 0.3 is 0 Å². The summed E-state index contributed by atoms with van der Waals surface area (Å²) in [4.78, 5) is 19.2. The van der Waals surface area contributed by atoms with Crippen molar-refractivity contribution >= 4 is 28.5 Å². The Balaban J connectivity index is 1.74. The number of hydrogen-bond acceptors (Lipinski definition) is 4. The van der Waals surface area contributed by atoms with Gasteiger partial charge in [0.05, 0.1) is 18.7 Å². The van der Waals surface area contributed by atoms with E-state index in [1.54, 1.807) is 11.8 Å². The first kappa shape index (κ1) is 17.5. The molecule has 130 valence electrons. The molecule has 3 rings (SSSR count). The van der Waals surface area contributed by atoms with Gasteiger partial charge in [0.25, 0.3) is 0 Å². The predicted octanol–water partition coefficient (Wildman–Crippen LogP) is 4.28. The number of amides is 1. The van der Waals surface area contributed by atoms with Crippen molar-refractivity contribution in [2.45, 2.75) is 19.8 Å². The SMILES string of the molecule is CCOc1ccc(N=C2SCCCN2C(=O)Cc2ccccc2)cc1. The zero-order valence-corrected chi connectivity index (χ0v) is 15.2. The summed E-state index contributed by atoms with van der Waals surface area (Å²) in [7, 11) is 0. The van der Waals surface area contributed by atoms with Crippen molar-refractivity contribution in [1.29, 1.82) is 0 Å². The Hall–Kier alpha value is -2.27. The molecular weight excluding hydrogens is 332 g/mol. The maximum atomic E-state index is 12.7. The maximum absolute atomic E-state index is 12.7. The van der Waals surface area contributed by atoms with Crippen LogP contribution in [0.4, 0.5) is 5.69 Å². The van der Waals surface area contributed by atoms with Crippen LogP contribution in [0, 0.1) is 0 Å². The number of benzene rings is 2. The molecule has 0 saturated carbocycles. The monoisotopic (exact) mass is 354 g/mol. The van der Waals surface area contributed by atoms with Crippen LogP contribution in [0.25, 0.3) is 0 Å². The molecule has 25 heavy (non-hydrogen) atoms. The smallest absolute Gasteiger partial charge is 0.232 e. The molecule has 1 saturated heterocycles. The number of hydrogen-bond donors (Lipinski definition) is 0. The minimum Gasteiger partial charge on any atom is -0.494 e. The van der Waals surface area contributed by atoms with Gasteiger partial charge in [-0.3, -0.25) is 9.69 Å². The van der Waals surface area contributed by atoms with E-state index in [1.165, 1.54) is 0 Å². The fraction of sp³-hybridized carbons (Fsp3) is 0.300. The van der Waals surface area contributed by atoms with E-state index in [9.17, 15) is 4.79 Å². The van der Waals surface area contributed by atoms with Gasteiger partial charge in [0.1, 0.15) is 5.75 Å². The van der Waals surface area contributed by atoms with Crippen LogP contribution in [0.1, 0.15) is 18.9 Å². The maximum Gasteiger partial charge on any atom is 0.232 e. The number of amidine groups is 1. The van der Waals surface area contributed by atoms with Crippen LogP contribution < -0.4 is 4.74 Å². The second kappa shape index (κ2) is 8.72. The van der Waals surface area contributed by atoms with Gasteiger partial charge < -0.3 is 4.74 Å². The second-order valence-corrected chi connectivity index (χ2v) is 6.79. The minimum absolute atomic E-state index is 0.100. The molecule has 0 N–H and O–H groups in total. The van der Waals surface area contributed by atoms with Gasteiger partial charge in [-0.25, -0.2) is 4.99 Å². The van der Waals surface area contributed by atoms with Gasteiger partial charge in [-0.2, -0.15) is 0 Å². The van der Waals surface area contributed by atoms with Gasteiger partial charge in [-0.1, -0.05) is 42.1 Å². The molecule has 0 unspecified atom stereocenters. The van der Waals surface area contributed by atoms with Crippen molar-refractivity contribution in [1.82, 2.24) is 4.90 Å². The number of carbonyl (C=O) groups is 1. The molecule has 0 bridgehead atoms. The Kier molecular flexibility index (Phi) is 6.12. The van der Waals surface area contributed by atoms with E-state index in [4.69, 9.17) is 9.73 Å². The topological polar surface area (TPSA) is 41.9 Å². The van der Waals surface area contributed by atoms with Gasteiger partial charge in [-0.05, 0) is 43.2 Å². The lowest BCUT2D eigenvalue weighted by Gasteiger charge is -2.27. The first-order valence-corrected chi connectivity index (χ1v) is 9.53. The lowest BCUT2D eigenvalue weighted by atomic mass is 10.1. The molecule has 4 nitrogen and oxygen atoms in total. The van der Waals surface area contributed by atoms with E-state index in [-0.39, 0.29) is 5.91 Å². The molecule has 0 atom stereocenters. The van der Waals surface area contributed by atoms with Crippen LogP contribution >= 0.6 is 11.8 Å². The summed E-state index contributed by atoms with van der Waals surface area (Å²) in [5, 5.41) is 0.788. The molecule has 1 aliphatic heterocycles. The molecule has 0 spiro atoms. The highest BCUT2D eigenvalue weighted by atomic mass is 32.2. The molecule has 2 aromatic rings. The zero-order chi connectivity index (χ0) is 17.5. The third-order valence-corrected chi connectivity index (χ3v) is 4.92. The summed E-state index contributed by atoms with van der Waals surface area (Å²) in [6.45, 7) is 3.34. The van der Waals surface area contributed by atoms with E-state index in [1.807, 2.05) is 66.4 Å². The largest absolute Gasteiger partial charge is 0.494 e. The van der Waals surface area contributed by atoms with Crippen LogP contribution in [-0.2, 0) is 11.2 Å². The Morgan fingerprint density at radius 1 is 1.16 bits per heavy atom. The third kappa shape index (κ3) is 4.86. The van der Waals surface area contributed by atoms with Crippen molar-refractivity contribution < 1.29 is 9.53 Å². The quantitative estimate of drug-likeness (QED) is 0.805. The second-order valence-electron chi connectivity index (χ2n) is 5.73. The van der Waals surface area contributed by atoms with Crippen LogP contribution in [0.15, 0.2) is 59.6 Å². The molecular formula is C20H22N2O2S. The molecule has 0 aliphatic carbocycles. The summed E-state index contributed by atoms with van der Waals surface area (Å²) in [6, 6.07) is 17.5. The standard InChI is InChI=1S/C20H22N2O2S/c1-2-24-18-11-9-17(10-12-18)21-20-22(13-6-14-25-20)19(23)15-16-7-4-3-5-8-16/h3-5,7-12H,2,6,13-15H2,1H3. The van der Waals surface area contributed by atoms with E-state index < -0.39 is 0 Å². The van der Waals surface area contributed by atoms with Crippen LogP contribution in [0.5, 0.6) is 5.75 Å². The molecule has 1 amide bonds. The van der Waals surface area contributed by atoms with Gasteiger partial charge in [-0.15, -0.1) is 0 Å². The van der Waals surface area contributed by atoms with Gasteiger partial charge in [0.15, 0.2) is 5.17 Å². The number of carbonyl (C=O) groups excluding carboxylic acids is 1. The Morgan fingerprint density at radius 3 is 2.64 bits per heavy atom. The number of nitrogens with zero attached hydrogens (tertiary/aromatic N) is 2. The highest BCUT2D eigenvalue weighted by molar-refractivity contribution is 8.13. The lowest BCUT2D eigenvalue weighted by Crippen LogP contribution is -2.40. The number of thioether (sulfide) groups is 1. The van der Waals surface area contributed by atoms with Crippen molar-refractivity contribution in [3.8, 4) is 5.75 Å². The van der Waals surface area contributed by atoms with Gasteiger partial charge in [0.2, 0.25) is 5.91 Å². The minimum atomic E-state index is 0.100. The Bertz CT molecular complexity index is 729. The summed E-state index contributed by atoms with van der Waals surface area (Å²) < 4.78 is 5.46. The van der Waals surface area contributed by atoms with Crippen molar-refractivity contribution in [2.24, 2.45) is 4.99 Å². The average molecular weight is 354 g/mol. The number of aliphatic imine (C=N–C) groups is 1. The summed E-state index contributed by atoms with van der Waals surface area (Å²) in [6.07, 6.45) is 1.40. The molecule has 1 aliphatic rings. The molecule has 1 fully saturated rings. The van der Waals surface area contributed by atoms with Gasteiger partial charge in [0, 0.05) is 12.3 Å². The average Bonchev–Trinajstić information content (AvgIpc) is 2.65. The summed E-state index contributed by atoms with van der Waals surface area (Å²) >= 11 is 1.64. The lowest BCUT2D eigenvalue weighted by molar-refractivity contribution is -0.126. The first-order chi connectivity index (χ1) is 12.3. The number of rotatable bonds is 5. The molecule has 2 aromatic carbocycles. The fourth-order valence-corrected chi connectivity index (χ4v) is 3.62. The van der Waals surface area contributed by atoms with Crippen molar-refractivity contribution in [3.05, 3.63) is 60.2 Å². The van der Waals surface area contributed by atoms with Crippen LogP contribution in [0.2, 0.25) is 0 Å². The van der Waals surface area contributed by atoms with Crippen LogP contribution in [-0.4, -0.2) is 34.9 Å². The Morgan fingerprint density at radius 2 is 1.92 bits per heavy atom. The highest BCUT2D eigenvalue weighted by Gasteiger charge is 2.23. The van der Waals surface area contributed by atoms with E-state index in [0.29, 0.717) is 13.0 Å². The normalized spacial score (nSPS) is 16.0. The predicted molar refractivity (Wildman–Crippen MR) is 104 cm³/mol. The third-order valence-electron chi connectivity index (χ3n) is 3.86. The molecule has 5 heteroatoms. The van der Waals surface area contributed by atoms with E-state index in [0.717, 1.165) is 40.9 Å². The first-order valence-electron chi connectivity index (χ1n) is 8.55. The molecule has 0 radical (unpaired) electrons. The van der Waals surface area contributed by atoms with E-state index >= 15 is 0 Å². The molecule has 0 aromatic heterocycles. The fourth-order valence-electron chi connectivity index (χ4n) is 2.64. The van der Waals surface area contributed by atoms with Crippen molar-refractivity contribution in [2.75, 3.05) is 18.9 Å². The summed E-state index contributed by atoms with van der Waals surface area (Å²) in [5.41, 5.74) is 1.87. The molecule has 1 heterocycles. The van der Waals surface area contributed by atoms with Crippen LogP contribution in [0.3, 0.4) is 0 Å². The number of ether oxygens (including phenoxy) is 1. The van der Waals surface area contributed by atoms with Crippen molar-refractivity contribution in [3.63, 3.8) is 0 Å².